The highest BCUT2D eigenvalue weighted by molar-refractivity contribution is 6.31. The van der Waals surface area contributed by atoms with E-state index in [4.69, 9.17) is 16.3 Å². The van der Waals surface area contributed by atoms with Gasteiger partial charge in [-0.05, 0) is 17.7 Å². The Balaban J connectivity index is 1.99. The Morgan fingerprint density at radius 1 is 1.63 bits per heavy atom. The van der Waals surface area contributed by atoms with E-state index < -0.39 is 0 Å². The van der Waals surface area contributed by atoms with Gasteiger partial charge in [-0.1, -0.05) is 17.7 Å². The summed E-state index contributed by atoms with van der Waals surface area (Å²) in [6, 6.07) is 3.85. The molecule has 4 nitrogen and oxygen atoms in total. The molecule has 0 radical (unpaired) electrons. The van der Waals surface area contributed by atoms with Gasteiger partial charge >= 0.3 is 0 Å². The lowest BCUT2D eigenvalue weighted by atomic mass is 10.2. The van der Waals surface area contributed by atoms with E-state index in [1.54, 1.807) is 18.0 Å². The van der Waals surface area contributed by atoms with Crippen molar-refractivity contribution < 1.29 is 13.9 Å². The molecule has 1 N–H and O–H groups in total. The lowest BCUT2D eigenvalue weighted by molar-refractivity contribution is -0.135. The normalized spacial score (nSPS) is 19.2. The summed E-state index contributed by atoms with van der Waals surface area (Å²) in [5, 5.41) is 3.43. The summed E-state index contributed by atoms with van der Waals surface area (Å²) in [6.07, 6.45) is 0. The second-order valence-electron chi connectivity index (χ2n) is 4.51. The number of hydrogen-bond donors (Lipinski definition) is 1. The molecule has 0 unspecified atom stereocenters. The standard InChI is InChI=1S/C13H16ClFN2O2/c1-17(13(18)12-8-19-5-4-16-12)7-9-2-3-10(15)6-11(9)14/h2-3,6,12,16H,4-5,7-8H2,1H3/t12-/m0/s1. The maximum absolute atomic E-state index is 12.9. The predicted octanol–water partition coefficient (Wildman–Crippen LogP) is 1.43. The van der Waals surface area contributed by atoms with Gasteiger partial charge in [0.05, 0.1) is 13.2 Å². The van der Waals surface area contributed by atoms with Gasteiger partial charge in [0, 0.05) is 25.2 Å². The molecule has 1 aromatic carbocycles. The molecule has 1 atom stereocenters. The van der Waals surface area contributed by atoms with Gasteiger partial charge in [-0.15, -0.1) is 0 Å². The molecule has 1 fully saturated rings. The number of amides is 1. The van der Waals surface area contributed by atoms with Gasteiger partial charge in [0.25, 0.3) is 0 Å². The molecule has 1 aromatic rings. The van der Waals surface area contributed by atoms with Gasteiger partial charge in [-0.3, -0.25) is 4.79 Å². The molecule has 2 rings (SSSR count). The van der Waals surface area contributed by atoms with Gasteiger partial charge in [-0.2, -0.15) is 0 Å². The van der Waals surface area contributed by atoms with E-state index in [1.165, 1.54) is 12.1 Å². The number of hydrogen-bond acceptors (Lipinski definition) is 3. The van der Waals surface area contributed by atoms with Crippen LogP contribution in [-0.2, 0) is 16.1 Å². The summed E-state index contributed by atoms with van der Waals surface area (Å²) in [6.45, 7) is 2.01. The number of rotatable bonds is 3. The van der Waals surface area contributed by atoms with Gasteiger partial charge < -0.3 is 15.0 Å². The quantitative estimate of drug-likeness (QED) is 0.914. The molecule has 1 saturated heterocycles. The zero-order valence-electron chi connectivity index (χ0n) is 10.7. The molecule has 1 aliphatic heterocycles. The molecular weight excluding hydrogens is 271 g/mol. The van der Waals surface area contributed by atoms with E-state index in [1.807, 2.05) is 0 Å². The fourth-order valence-corrected chi connectivity index (χ4v) is 2.20. The van der Waals surface area contributed by atoms with Gasteiger partial charge in [0.2, 0.25) is 5.91 Å². The van der Waals surface area contributed by atoms with Crippen molar-refractivity contribution in [2.45, 2.75) is 12.6 Å². The van der Waals surface area contributed by atoms with E-state index >= 15 is 0 Å². The zero-order chi connectivity index (χ0) is 13.8. The average Bonchev–Trinajstić information content (AvgIpc) is 2.42. The molecule has 0 saturated carbocycles. The summed E-state index contributed by atoms with van der Waals surface area (Å²) in [5.74, 6) is -0.440. The van der Waals surface area contributed by atoms with Crippen LogP contribution in [0.5, 0.6) is 0 Å². The van der Waals surface area contributed by atoms with E-state index in [9.17, 15) is 9.18 Å². The van der Waals surface area contributed by atoms with Crippen molar-refractivity contribution in [3.05, 3.63) is 34.6 Å². The van der Waals surface area contributed by atoms with Crippen molar-refractivity contribution >= 4 is 17.5 Å². The van der Waals surface area contributed by atoms with Crippen molar-refractivity contribution in [1.82, 2.24) is 10.2 Å². The molecule has 0 bridgehead atoms. The van der Waals surface area contributed by atoms with E-state index in [-0.39, 0.29) is 17.8 Å². The number of nitrogens with zero attached hydrogens (tertiary/aromatic N) is 1. The molecule has 0 spiro atoms. The summed E-state index contributed by atoms with van der Waals surface area (Å²) in [5.41, 5.74) is 0.718. The molecule has 0 aliphatic carbocycles. The number of benzene rings is 1. The minimum atomic E-state index is -0.384. The number of likely N-dealkylation sites (N-methyl/N-ethyl adjacent to an activating group) is 1. The number of ether oxygens (including phenoxy) is 1. The van der Waals surface area contributed by atoms with Gasteiger partial charge in [0.15, 0.2) is 0 Å². The fourth-order valence-electron chi connectivity index (χ4n) is 1.97. The number of carbonyl (C=O) groups is 1. The molecule has 1 aliphatic rings. The minimum Gasteiger partial charge on any atom is -0.378 e. The van der Waals surface area contributed by atoms with Crippen molar-refractivity contribution in [3.63, 3.8) is 0 Å². The van der Waals surface area contributed by atoms with Crippen LogP contribution in [0.3, 0.4) is 0 Å². The van der Waals surface area contributed by atoms with E-state index in [0.29, 0.717) is 31.3 Å². The first-order chi connectivity index (χ1) is 9.08. The van der Waals surface area contributed by atoms with Crippen LogP contribution in [0.2, 0.25) is 5.02 Å². The van der Waals surface area contributed by atoms with Crippen LogP contribution in [0.25, 0.3) is 0 Å². The third-order valence-corrected chi connectivity index (χ3v) is 3.37. The number of carbonyl (C=O) groups excluding carboxylic acids is 1. The van der Waals surface area contributed by atoms with Gasteiger partial charge in [-0.25, -0.2) is 4.39 Å². The molecule has 1 heterocycles. The summed E-state index contributed by atoms with van der Waals surface area (Å²) < 4.78 is 18.2. The second-order valence-corrected chi connectivity index (χ2v) is 4.92. The van der Waals surface area contributed by atoms with Crippen LogP contribution in [0.4, 0.5) is 4.39 Å². The topological polar surface area (TPSA) is 41.6 Å². The summed E-state index contributed by atoms with van der Waals surface area (Å²) >= 11 is 5.95. The molecule has 0 aromatic heterocycles. The van der Waals surface area contributed by atoms with Crippen LogP contribution in [0.1, 0.15) is 5.56 Å². The van der Waals surface area contributed by atoms with Crippen LogP contribution in [0, 0.1) is 5.82 Å². The first-order valence-corrected chi connectivity index (χ1v) is 6.46. The molecule has 104 valence electrons. The third-order valence-electron chi connectivity index (χ3n) is 3.02. The highest BCUT2D eigenvalue weighted by atomic mass is 35.5. The molecular formula is C13H16ClFN2O2. The Morgan fingerprint density at radius 3 is 3.05 bits per heavy atom. The van der Waals surface area contributed by atoms with E-state index in [2.05, 4.69) is 5.32 Å². The Kier molecular flexibility index (Phi) is 4.74. The molecule has 19 heavy (non-hydrogen) atoms. The highest BCUT2D eigenvalue weighted by Crippen LogP contribution is 2.19. The average molecular weight is 287 g/mol. The van der Waals surface area contributed by atoms with E-state index in [0.717, 1.165) is 5.56 Å². The number of morpholine rings is 1. The number of nitrogens with one attached hydrogen (secondary N) is 1. The lowest BCUT2D eigenvalue weighted by Crippen LogP contribution is -2.51. The van der Waals surface area contributed by atoms with Crippen molar-refractivity contribution in [2.75, 3.05) is 26.8 Å². The summed E-state index contributed by atoms with van der Waals surface area (Å²) in [7, 11) is 1.69. The second kappa shape index (κ2) is 6.32. The lowest BCUT2D eigenvalue weighted by Gasteiger charge is -2.27. The third kappa shape index (κ3) is 3.65. The molecule has 6 heteroatoms. The van der Waals surface area contributed by atoms with Crippen molar-refractivity contribution in [2.24, 2.45) is 0 Å². The zero-order valence-corrected chi connectivity index (χ0v) is 11.4. The minimum absolute atomic E-state index is 0.0555. The Morgan fingerprint density at radius 2 is 2.42 bits per heavy atom. The summed E-state index contributed by atoms with van der Waals surface area (Å²) in [4.78, 5) is 13.7. The largest absolute Gasteiger partial charge is 0.378 e. The van der Waals surface area contributed by atoms with Crippen molar-refractivity contribution in [3.8, 4) is 0 Å². The van der Waals surface area contributed by atoms with Crippen LogP contribution >= 0.6 is 11.6 Å². The SMILES string of the molecule is CN(Cc1ccc(F)cc1Cl)C(=O)[C@@H]1COCCN1. The fraction of sp³-hybridized carbons (Fsp3) is 0.462. The predicted molar refractivity (Wildman–Crippen MR) is 70.5 cm³/mol. The molecule has 1 amide bonds. The van der Waals surface area contributed by atoms with Gasteiger partial charge in [0.1, 0.15) is 11.9 Å². The Labute approximate surface area is 116 Å². The highest BCUT2D eigenvalue weighted by Gasteiger charge is 2.24. The maximum Gasteiger partial charge on any atom is 0.242 e. The first kappa shape index (κ1) is 14.2. The Bertz CT molecular complexity index is 464. The smallest absolute Gasteiger partial charge is 0.242 e. The van der Waals surface area contributed by atoms with Crippen LogP contribution < -0.4 is 5.32 Å². The van der Waals surface area contributed by atoms with Crippen molar-refractivity contribution in [1.29, 1.82) is 0 Å². The first-order valence-electron chi connectivity index (χ1n) is 6.08. The number of halogens is 2. The monoisotopic (exact) mass is 286 g/mol. The van der Waals surface area contributed by atoms with Crippen LogP contribution in [0.15, 0.2) is 18.2 Å². The van der Waals surface area contributed by atoms with Crippen LogP contribution in [-0.4, -0.2) is 43.7 Å². The maximum atomic E-state index is 12.9. The Hall–Kier alpha value is -1.17.